The van der Waals surface area contributed by atoms with Crippen LogP contribution < -0.4 is 15.8 Å². The Balaban J connectivity index is 0.000000413. The molecule has 3 rings (SSSR count). The monoisotopic (exact) mass is 785 g/mol. The zero-order valence-corrected chi connectivity index (χ0v) is 34.6. The average molecular weight is 786 g/mol. The number of hydrogen-bond acceptors (Lipinski definition) is 15. The van der Waals surface area contributed by atoms with Crippen LogP contribution in [0.25, 0.3) is 0 Å². The zero-order valence-electron chi connectivity index (χ0n) is 34.6. The topological polar surface area (TPSA) is 205 Å². The lowest BCUT2D eigenvalue weighted by molar-refractivity contribution is -0.170. The molecular formula is C39H67N3O13. The number of methoxy groups -OCH3 is 1. The second kappa shape index (κ2) is 24.5. The number of nitrogens with two attached hydrogens (primary N) is 1. The van der Waals surface area contributed by atoms with Gasteiger partial charge in [0.05, 0.1) is 33.5 Å². The van der Waals surface area contributed by atoms with Gasteiger partial charge in [-0.1, -0.05) is 55.4 Å². The fourth-order valence-electron chi connectivity index (χ4n) is 5.32. The number of aromatic nitrogens is 1. The number of carbonyl (C=O) groups excluding carboxylic acids is 3. The molecule has 0 radical (unpaired) electrons. The first kappa shape index (κ1) is 48.0. The molecule has 55 heavy (non-hydrogen) atoms. The number of aromatic hydroxyl groups is 1. The fraction of sp³-hybridized carbons (Fsp3) is 0.795. The average Bonchev–Trinajstić information content (AvgIpc) is 3.19. The summed E-state index contributed by atoms with van der Waals surface area (Å²) in [5, 5.41) is 12.7. The molecule has 4 N–H and O–H groups in total. The highest BCUT2D eigenvalue weighted by atomic mass is 16.6. The molecule has 16 heteroatoms. The van der Waals surface area contributed by atoms with E-state index in [2.05, 4.69) is 38.0 Å². The summed E-state index contributed by atoms with van der Waals surface area (Å²) in [7, 11) is 1.36. The molecule has 2 aliphatic heterocycles. The Kier molecular flexibility index (Phi) is 21.4. The van der Waals surface area contributed by atoms with Gasteiger partial charge in [-0.05, 0) is 37.5 Å². The number of amides is 1. The van der Waals surface area contributed by atoms with E-state index in [1.54, 1.807) is 6.92 Å². The molecule has 316 valence electrons. The van der Waals surface area contributed by atoms with Crippen LogP contribution >= 0.6 is 0 Å². The lowest BCUT2D eigenvalue weighted by Crippen LogP contribution is -2.47. The van der Waals surface area contributed by atoms with Crippen LogP contribution in [0.15, 0.2) is 12.3 Å². The molecule has 1 amide bonds. The van der Waals surface area contributed by atoms with E-state index in [0.717, 1.165) is 0 Å². The number of rotatable bonds is 15. The van der Waals surface area contributed by atoms with Gasteiger partial charge in [0.25, 0.3) is 5.91 Å². The van der Waals surface area contributed by atoms with Gasteiger partial charge in [-0.2, -0.15) is 0 Å². The first-order valence-corrected chi connectivity index (χ1v) is 19.3. The van der Waals surface area contributed by atoms with E-state index in [9.17, 15) is 19.5 Å². The highest BCUT2D eigenvalue weighted by Crippen LogP contribution is 2.27. The molecule has 2 fully saturated rings. The largest absolute Gasteiger partial charge is 0.503 e. The molecule has 0 unspecified atom stereocenters. The minimum absolute atomic E-state index is 0.0901. The van der Waals surface area contributed by atoms with Crippen molar-refractivity contribution in [2.75, 3.05) is 60.0 Å². The van der Waals surface area contributed by atoms with E-state index in [0.29, 0.717) is 50.8 Å². The second-order valence-electron chi connectivity index (χ2n) is 15.6. The van der Waals surface area contributed by atoms with Crippen LogP contribution in [0.1, 0.15) is 79.7 Å². The van der Waals surface area contributed by atoms with Gasteiger partial charge in [0.2, 0.25) is 0 Å². The first-order chi connectivity index (χ1) is 25.9. The van der Waals surface area contributed by atoms with E-state index in [1.807, 2.05) is 34.6 Å². The molecule has 0 aromatic carbocycles. The van der Waals surface area contributed by atoms with Crippen LogP contribution in [0.5, 0.6) is 11.5 Å². The molecule has 8 atom stereocenters. The molecule has 0 saturated carbocycles. The maximum Gasteiger partial charge on any atom is 0.331 e. The van der Waals surface area contributed by atoms with E-state index < -0.39 is 60.1 Å². The zero-order chi connectivity index (χ0) is 41.2. The third-order valence-electron chi connectivity index (χ3n) is 8.15. The van der Waals surface area contributed by atoms with Crippen LogP contribution in [-0.4, -0.2) is 137 Å². The van der Waals surface area contributed by atoms with Crippen molar-refractivity contribution in [2.45, 2.75) is 118 Å². The smallest absolute Gasteiger partial charge is 0.331 e. The summed E-state index contributed by atoms with van der Waals surface area (Å²) in [6.45, 7) is 22.6. The van der Waals surface area contributed by atoms with Gasteiger partial charge in [0, 0.05) is 38.7 Å². The van der Waals surface area contributed by atoms with Crippen molar-refractivity contribution in [1.82, 2.24) is 10.3 Å². The van der Waals surface area contributed by atoms with Crippen LogP contribution in [0.4, 0.5) is 0 Å². The summed E-state index contributed by atoms with van der Waals surface area (Å²) in [5.41, 5.74) is 5.46. The van der Waals surface area contributed by atoms with Gasteiger partial charge < -0.3 is 58.8 Å². The third-order valence-corrected chi connectivity index (χ3v) is 8.15. The number of esters is 2. The quantitative estimate of drug-likeness (QED) is 0.218. The van der Waals surface area contributed by atoms with E-state index >= 15 is 0 Å². The Morgan fingerprint density at radius 2 is 1.24 bits per heavy atom. The summed E-state index contributed by atoms with van der Waals surface area (Å²) >= 11 is 0. The standard InChI is InChI=1S/C23H36N2O8.C16H31NO5/c1-13(2)9-31-18-12-30-11-16(23(28)33-15(5)21(18)32-10-14(3)4)25-22(27)19-20(26)17(29-6)7-8-24-19;1-10(2)6-20-14-9-19-8-13(17)16(18)22-12(5)15(14)21-7-11(3)4/h7-8,13-16,18,21,26H,9-12H2,1-6H3,(H,25,27);10-15H,6-9,17H2,1-5H3/t15-,16-,18-,21-;12-,13-,14-,15-/m00/s1. The molecule has 1 aromatic heterocycles. The first-order valence-electron chi connectivity index (χ1n) is 19.3. The van der Waals surface area contributed by atoms with Crippen LogP contribution in [-0.2, 0) is 47.5 Å². The lowest BCUT2D eigenvalue weighted by atomic mass is 10.1. The maximum atomic E-state index is 12.8. The number of nitrogens with zero attached hydrogens (tertiary/aromatic N) is 1. The third kappa shape index (κ3) is 16.9. The van der Waals surface area contributed by atoms with Gasteiger partial charge in [-0.3, -0.25) is 9.59 Å². The molecule has 0 aliphatic carbocycles. The Morgan fingerprint density at radius 1 is 0.782 bits per heavy atom. The lowest BCUT2D eigenvalue weighted by Gasteiger charge is -2.31. The van der Waals surface area contributed by atoms with Crippen LogP contribution in [0.3, 0.4) is 0 Å². The molecule has 0 bridgehead atoms. The van der Waals surface area contributed by atoms with Crippen molar-refractivity contribution in [3.8, 4) is 11.5 Å². The Bertz CT molecular complexity index is 1300. The normalized spacial score (nSPS) is 26.8. The number of hydrogen-bond donors (Lipinski definition) is 3. The van der Waals surface area contributed by atoms with E-state index in [-0.39, 0.29) is 49.4 Å². The minimum Gasteiger partial charge on any atom is -0.503 e. The highest BCUT2D eigenvalue weighted by Gasteiger charge is 2.37. The summed E-state index contributed by atoms with van der Waals surface area (Å²) in [6, 6.07) is -0.460. The summed E-state index contributed by atoms with van der Waals surface area (Å²) < 4.78 is 51.3. The van der Waals surface area contributed by atoms with Crippen LogP contribution in [0.2, 0.25) is 0 Å². The van der Waals surface area contributed by atoms with Crippen molar-refractivity contribution in [3.63, 3.8) is 0 Å². The number of pyridine rings is 1. The molecule has 16 nitrogen and oxygen atoms in total. The SMILES string of the molecule is CC(C)CO[C@H]1[C@H](C)OC(=O)[C@@H](N)COC[C@@H]1OCC(C)C.COc1ccnc(C(=O)N[C@H]2COC[C@H](OCC(C)C)[C@@H](OCC(C)C)[C@H](C)OC2=O)c1O. The molecule has 1 aromatic rings. The predicted octanol–water partition coefficient (Wildman–Crippen LogP) is 3.30. The van der Waals surface area contributed by atoms with Crippen molar-refractivity contribution >= 4 is 17.8 Å². The van der Waals surface area contributed by atoms with Crippen molar-refractivity contribution in [1.29, 1.82) is 0 Å². The Morgan fingerprint density at radius 3 is 1.71 bits per heavy atom. The van der Waals surface area contributed by atoms with Crippen molar-refractivity contribution in [3.05, 3.63) is 18.0 Å². The van der Waals surface area contributed by atoms with Crippen LogP contribution in [0, 0.1) is 23.7 Å². The van der Waals surface area contributed by atoms with Gasteiger partial charge in [-0.15, -0.1) is 0 Å². The van der Waals surface area contributed by atoms with E-state index in [1.165, 1.54) is 19.4 Å². The fourth-order valence-corrected chi connectivity index (χ4v) is 5.32. The number of carbonyl (C=O) groups is 3. The Labute approximate surface area is 326 Å². The molecular weight excluding hydrogens is 718 g/mol. The van der Waals surface area contributed by atoms with Gasteiger partial charge in [-0.25, -0.2) is 9.78 Å². The van der Waals surface area contributed by atoms with Crippen molar-refractivity contribution < 1.29 is 62.1 Å². The van der Waals surface area contributed by atoms with Gasteiger partial charge >= 0.3 is 11.9 Å². The van der Waals surface area contributed by atoms with Crippen molar-refractivity contribution in [2.24, 2.45) is 29.4 Å². The predicted molar refractivity (Wildman–Crippen MR) is 203 cm³/mol. The van der Waals surface area contributed by atoms with E-state index in [4.69, 9.17) is 48.4 Å². The molecule has 0 spiro atoms. The molecule has 3 heterocycles. The summed E-state index contributed by atoms with van der Waals surface area (Å²) in [4.78, 5) is 41.3. The number of nitrogens with one attached hydrogen (secondary N) is 1. The highest BCUT2D eigenvalue weighted by molar-refractivity contribution is 5.98. The number of ether oxygens (including phenoxy) is 9. The summed E-state index contributed by atoms with van der Waals surface area (Å²) in [6.07, 6.45) is -1.39. The molecule has 2 saturated heterocycles. The van der Waals surface area contributed by atoms with Gasteiger partial charge in [0.1, 0.15) is 42.7 Å². The Hall–Kier alpha value is -3.12. The molecule has 2 aliphatic rings. The summed E-state index contributed by atoms with van der Waals surface area (Å²) in [5.74, 6) is -0.874. The van der Waals surface area contributed by atoms with Gasteiger partial charge in [0.15, 0.2) is 23.2 Å². The number of cyclic esters (lactones) is 2. The maximum absolute atomic E-state index is 12.8. The second-order valence-corrected chi connectivity index (χ2v) is 15.6. The minimum atomic E-state index is -1.11.